The topological polar surface area (TPSA) is 46.2 Å². The first kappa shape index (κ1) is 18.9. The highest BCUT2D eigenvalue weighted by Gasteiger charge is 2.20. The molecule has 0 atom stereocenters. The molecule has 0 aliphatic heterocycles. The van der Waals surface area contributed by atoms with Crippen LogP contribution in [0, 0.1) is 0 Å². The van der Waals surface area contributed by atoms with Crippen molar-refractivity contribution in [2.75, 3.05) is 5.32 Å². The molecule has 28 heavy (non-hydrogen) atoms. The van der Waals surface area contributed by atoms with Gasteiger partial charge in [-0.25, -0.2) is 0 Å². The zero-order valence-electron chi connectivity index (χ0n) is 14.4. The number of rotatable bonds is 4. The van der Waals surface area contributed by atoms with E-state index in [2.05, 4.69) is 21.2 Å². The Morgan fingerprint density at radius 3 is 2.39 bits per heavy atom. The molecule has 0 aliphatic carbocycles. The first-order valence-electron chi connectivity index (χ1n) is 8.42. The molecule has 1 aromatic heterocycles. The summed E-state index contributed by atoms with van der Waals surface area (Å²) in [6, 6.07) is 21.7. The average molecular weight is 471 g/mol. The predicted molar refractivity (Wildman–Crippen MR) is 119 cm³/mol. The summed E-state index contributed by atoms with van der Waals surface area (Å²) in [5.41, 5.74) is 1.40. The summed E-state index contributed by atoms with van der Waals surface area (Å²) in [7, 11) is 0. The predicted octanol–water partition coefficient (Wildman–Crippen LogP) is 6.80. The maximum Gasteiger partial charge on any atom is 0.267 e. The van der Waals surface area contributed by atoms with Crippen LogP contribution in [0.25, 0.3) is 10.1 Å². The monoisotopic (exact) mass is 469 g/mol. The van der Waals surface area contributed by atoms with E-state index in [1.807, 2.05) is 30.3 Å². The Bertz CT molecular complexity index is 1200. The molecular weight excluding hydrogens is 458 g/mol. The van der Waals surface area contributed by atoms with E-state index in [0.717, 1.165) is 14.6 Å². The molecule has 0 aliphatic rings. The van der Waals surface area contributed by atoms with Crippen molar-refractivity contribution in [2.24, 2.45) is 0 Å². The van der Waals surface area contributed by atoms with Gasteiger partial charge in [0.15, 0.2) is 5.78 Å². The normalized spacial score (nSPS) is 10.8. The quantitative estimate of drug-likeness (QED) is 0.333. The Labute approximate surface area is 179 Å². The molecule has 3 nitrogen and oxygen atoms in total. The summed E-state index contributed by atoms with van der Waals surface area (Å²) in [5, 5.41) is 4.12. The van der Waals surface area contributed by atoms with E-state index in [-0.39, 0.29) is 11.7 Å². The van der Waals surface area contributed by atoms with Gasteiger partial charge in [-0.05, 0) is 24.3 Å². The number of carbonyl (C=O) groups excluding carboxylic acids is 2. The lowest BCUT2D eigenvalue weighted by Crippen LogP contribution is -2.14. The SMILES string of the molecule is O=C(c1ccccc1)c1cc(Br)ccc1NC(=O)c1sc2ccccc2c1Cl. The number of benzene rings is 3. The van der Waals surface area contributed by atoms with Crippen LogP contribution in [0.5, 0.6) is 0 Å². The maximum atomic E-state index is 12.9. The minimum Gasteiger partial charge on any atom is -0.321 e. The molecular formula is C22H13BrClNO2S. The summed E-state index contributed by atoms with van der Waals surface area (Å²) in [4.78, 5) is 26.3. The van der Waals surface area contributed by atoms with Crippen LogP contribution in [0.3, 0.4) is 0 Å². The Morgan fingerprint density at radius 2 is 1.64 bits per heavy atom. The first-order chi connectivity index (χ1) is 13.5. The second kappa shape index (κ2) is 7.87. The van der Waals surface area contributed by atoms with Crippen LogP contribution < -0.4 is 5.32 Å². The van der Waals surface area contributed by atoms with Crippen molar-refractivity contribution in [2.45, 2.75) is 0 Å². The Kier molecular flexibility index (Phi) is 5.31. The molecule has 6 heteroatoms. The smallest absolute Gasteiger partial charge is 0.267 e. The third-order valence-corrected chi connectivity index (χ3v) is 6.42. The molecule has 3 aromatic carbocycles. The Balaban J connectivity index is 1.71. The van der Waals surface area contributed by atoms with Gasteiger partial charge < -0.3 is 5.32 Å². The molecule has 1 heterocycles. The number of thiophene rings is 1. The first-order valence-corrected chi connectivity index (χ1v) is 10.4. The highest BCUT2D eigenvalue weighted by Crippen LogP contribution is 2.36. The van der Waals surface area contributed by atoms with E-state index in [1.165, 1.54) is 11.3 Å². The van der Waals surface area contributed by atoms with Gasteiger partial charge in [-0.15, -0.1) is 11.3 Å². The van der Waals surface area contributed by atoms with Crippen molar-refractivity contribution in [3.63, 3.8) is 0 Å². The van der Waals surface area contributed by atoms with Gasteiger partial charge in [-0.3, -0.25) is 9.59 Å². The molecule has 0 radical (unpaired) electrons. The van der Waals surface area contributed by atoms with Crippen molar-refractivity contribution in [3.05, 3.63) is 98.3 Å². The summed E-state index contributed by atoms with van der Waals surface area (Å²) < 4.78 is 1.69. The molecule has 0 bridgehead atoms. The summed E-state index contributed by atoms with van der Waals surface area (Å²) in [5.74, 6) is -0.504. The fraction of sp³-hybridized carbons (Fsp3) is 0. The molecule has 4 rings (SSSR count). The van der Waals surface area contributed by atoms with Crippen LogP contribution in [-0.2, 0) is 0 Å². The largest absolute Gasteiger partial charge is 0.321 e. The summed E-state index contributed by atoms with van der Waals surface area (Å²) in [6.45, 7) is 0. The third-order valence-electron chi connectivity index (χ3n) is 4.25. The number of hydrogen-bond donors (Lipinski definition) is 1. The van der Waals surface area contributed by atoms with Gasteiger partial charge in [-0.2, -0.15) is 0 Å². The number of anilines is 1. The van der Waals surface area contributed by atoms with Gasteiger partial charge in [0.25, 0.3) is 5.91 Å². The fourth-order valence-electron chi connectivity index (χ4n) is 2.90. The van der Waals surface area contributed by atoms with Gasteiger partial charge in [0.2, 0.25) is 0 Å². The maximum absolute atomic E-state index is 12.9. The lowest BCUT2D eigenvalue weighted by molar-refractivity contribution is 0.103. The van der Waals surface area contributed by atoms with E-state index in [4.69, 9.17) is 11.6 Å². The number of hydrogen-bond acceptors (Lipinski definition) is 3. The fourth-order valence-corrected chi connectivity index (χ4v) is 4.67. The van der Waals surface area contributed by atoms with Gasteiger partial charge in [0, 0.05) is 25.7 Å². The van der Waals surface area contributed by atoms with Crippen molar-refractivity contribution in [3.8, 4) is 0 Å². The molecule has 4 aromatic rings. The van der Waals surface area contributed by atoms with Crippen molar-refractivity contribution >= 4 is 66.3 Å². The van der Waals surface area contributed by atoms with Gasteiger partial charge >= 0.3 is 0 Å². The highest BCUT2D eigenvalue weighted by molar-refractivity contribution is 9.10. The van der Waals surface area contributed by atoms with Crippen LogP contribution in [0.15, 0.2) is 77.3 Å². The summed E-state index contributed by atoms with van der Waals surface area (Å²) in [6.07, 6.45) is 0. The van der Waals surface area contributed by atoms with Crippen LogP contribution in [0.1, 0.15) is 25.6 Å². The van der Waals surface area contributed by atoms with E-state index in [1.54, 1.807) is 42.5 Å². The van der Waals surface area contributed by atoms with E-state index in [9.17, 15) is 9.59 Å². The van der Waals surface area contributed by atoms with Crippen molar-refractivity contribution < 1.29 is 9.59 Å². The van der Waals surface area contributed by atoms with Crippen LogP contribution >= 0.6 is 38.9 Å². The average Bonchev–Trinajstić information content (AvgIpc) is 3.06. The number of fused-ring (bicyclic) bond motifs is 1. The number of carbonyl (C=O) groups is 2. The second-order valence-corrected chi connectivity index (χ2v) is 8.43. The van der Waals surface area contributed by atoms with Gasteiger partial charge in [0.1, 0.15) is 4.88 Å². The molecule has 1 amide bonds. The Morgan fingerprint density at radius 1 is 0.929 bits per heavy atom. The van der Waals surface area contributed by atoms with E-state index in [0.29, 0.717) is 26.7 Å². The number of nitrogens with one attached hydrogen (secondary N) is 1. The van der Waals surface area contributed by atoms with E-state index < -0.39 is 0 Å². The van der Waals surface area contributed by atoms with Crippen LogP contribution in [-0.4, -0.2) is 11.7 Å². The minimum atomic E-state index is -0.337. The van der Waals surface area contributed by atoms with Crippen LogP contribution in [0.2, 0.25) is 5.02 Å². The molecule has 138 valence electrons. The zero-order chi connectivity index (χ0) is 19.7. The standard InChI is InChI=1S/C22H13BrClNO2S/c23-14-10-11-17(16(12-14)20(26)13-6-2-1-3-7-13)25-22(27)21-19(24)15-8-4-5-9-18(15)28-21/h1-12H,(H,25,27). The Hall–Kier alpha value is -2.47. The van der Waals surface area contributed by atoms with Crippen molar-refractivity contribution in [1.82, 2.24) is 0 Å². The number of amides is 1. The lowest BCUT2D eigenvalue weighted by Gasteiger charge is -2.11. The third kappa shape index (κ3) is 3.61. The van der Waals surface area contributed by atoms with E-state index >= 15 is 0 Å². The highest BCUT2D eigenvalue weighted by atomic mass is 79.9. The van der Waals surface area contributed by atoms with Crippen molar-refractivity contribution in [1.29, 1.82) is 0 Å². The zero-order valence-corrected chi connectivity index (χ0v) is 17.6. The number of ketones is 1. The van der Waals surface area contributed by atoms with Crippen LogP contribution in [0.4, 0.5) is 5.69 Å². The van der Waals surface area contributed by atoms with Gasteiger partial charge in [0.05, 0.1) is 10.7 Å². The summed E-state index contributed by atoms with van der Waals surface area (Å²) >= 11 is 11.1. The molecule has 0 spiro atoms. The van der Waals surface area contributed by atoms with Gasteiger partial charge in [-0.1, -0.05) is 76.1 Å². The molecule has 1 N–H and O–H groups in total. The lowest BCUT2D eigenvalue weighted by atomic mass is 10.0. The molecule has 0 saturated heterocycles. The molecule has 0 fully saturated rings. The minimum absolute atomic E-state index is 0.167. The molecule has 0 unspecified atom stereocenters. The number of halogens is 2. The molecule has 0 saturated carbocycles. The second-order valence-electron chi connectivity index (χ2n) is 6.08.